The van der Waals surface area contributed by atoms with Gasteiger partial charge < -0.3 is 38.8 Å². The van der Waals surface area contributed by atoms with Crippen molar-refractivity contribution in [2.24, 2.45) is 16.7 Å². The van der Waals surface area contributed by atoms with E-state index >= 15 is 0 Å². The molecule has 1 unspecified atom stereocenters. The Morgan fingerprint density at radius 1 is 1.05 bits per heavy atom. The van der Waals surface area contributed by atoms with Crippen LogP contribution in [0.25, 0.3) is 22.2 Å². The first-order valence-electron chi connectivity index (χ1n) is 26.2. The predicted octanol–water partition coefficient (Wildman–Crippen LogP) is 5.49. The number of fused-ring (bicyclic) bond motifs is 6. The maximum absolute atomic E-state index is 14.9. The smallest absolute Gasteiger partial charge is 0.406 e. The Morgan fingerprint density at radius 3 is 2.51 bits per heavy atom. The van der Waals surface area contributed by atoms with Crippen LogP contribution in [0.15, 0.2) is 36.5 Å². The van der Waals surface area contributed by atoms with Crippen LogP contribution in [-0.4, -0.2) is 168 Å². The molecule has 17 nitrogen and oxygen atoms in total. The van der Waals surface area contributed by atoms with Gasteiger partial charge in [0.1, 0.15) is 24.7 Å². The number of hydrogen-bond acceptors (Lipinski definition) is 12. The molecule has 7 heterocycles. The Balaban J connectivity index is 1.12. The predicted molar refractivity (Wildman–Crippen MR) is 276 cm³/mol. The molecule has 0 saturated carbocycles. The number of nitrogens with one attached hydrogen (secondary N) is 2. The minimum atomic E-state index is -4.59. The van der Waals surface area contributed by atoms with E-state index in [4.69, 9.17) is 14.2 Å². The summed E-state index contributed by atoms with van der Waals surface area (Å²) in [5.41, 5.74) is 3.91. The average molecular weight is 1050 g/mol. The summed E-state index contributed by atoms with van der Waals surface area (Å²) >= 11 is 0. The van der Waals surface area contributed by atoms with Gasteiger partial charge in [-0.2, -0.15) is 13.2 Å². The Bertz CT molecular complexity index is 2730. The second-order valence-electron chi connectivity index (χ2n) is 22.9. The van der Waals surface area contributed by atoms with Gasteiger partial charge in [0.25, 0.3) is 11.8 Å². The van der Waals surface area contributed by atoms with Gasteiger partial charge in [0.15, 0.2) is 0 Å². The molecule has 6 bridgehead atoms. The number of hydrazine groups is 1. The summed E-state index contributed by atoms with van der Waals surface area (Å²) < 4.78 is 63.7. The number of methoxy groups -OCH3 is 1. The summed E-state index contributed by atoms with van der Waals surface area (Å²) in [7, 11) is 5.30. The largest absolute Gasteiger partial charge is 0.464 e. The van der Waals surface area contributed by atoms with E-state index in [1.807, 2.05) is 66.6 Å². The zero-order chi connectivity index (χ0) is 54.4. The number of aromatic nitrogens is 2. The highest BCUT2D eigenvalue weighted by atomic mass is 19.4. The number of halogens is 3. The highest BCUT2D eigenvalue weighted by Crippen LogP contribution is 2.44. The minimum absolute atomic E-state index is 0.0229. The number of hydrogen-bond donors (Lipinski definition) is 2. The van der Waals surface area contributed by atoms with Crippen molar-refractivity contribution in [1.29, 1.82) is 0 Å². The number of rotatable bonds is 9. The summed E-state index contributed by atoms with van der Waals surface area (Å²) in [4.78, 5) is 83.4. The van der Waals surface area contributed by atoms with Gasteiger partial charge in [-0.25, -0.2) is 5.43 Å². The molecule has 8 rings (SSSR count). The summed E-state index contributed by atoms with van der Waals surface area (Å²) in [5, 5.41) is 5.00. The fourth-order valence-corrected chi connectivity index (χ4v) is 11.3. The van der Waals surface area contributed by atoms with Gasteiger partial charge in [-0.1, -0.05) is 33.6 Å². The molecule has 5 aliphatic heterocycles. The summed E-state index contributed by atoms with van der Waals surface area (Å²) in [6.45, 7) is 13.8. The molecule has 408 valence electrons. The molecule has 5 aliphatic rings. The van der Waals surface area contributed by atoms with E-state index in [2.05, 4.69) is 32.5 Å². The molecular formula is C55H74F3N9O8. The fourth-order valence-electron chi connectivity index (χ4n) is 11.3. The van der Waals surface area contributed by atoms with Crippen LogP contribution in [0.1, 0.15) is 97.9 Å². The molecule has 1 spiro atoms. The van der Waals surface area contributed by atoms with Gasteiger partial charge in [-0.15, -0.1) is 0 Å². The Morgan fingerprint density at radius 2 is 1.80 bits per heavy atom. The second-order valence-corrected chi connectivity index (χ2v) is 22.9. The van der Waals surface area contributed by atoms with Crippen LogP contribution in [0.3, 0.4) is 0 Å². The van der Waals surface area contributed by atoms with Crippen molar-refractivity contribution < 1.29 is 51.4 Å². The highest BCUT2D eigenvalue weighted by molar-refractivity contribution is 5.98. The lowest BCUT2D eigenvalue weighted by molar-refractivity contribution is -0.156. The lowest BCUT2D eigenvalue weighted by Crippen LogP contribution is -2.62. The Hall–Kier alpha value is -5.75. The number of carbonyl (C=O) groups is 5. The van der Waals surface area contributed by atoms with Crippen molar-refractivity contribution in [1.82, 2.24) is 40.0 Å². The van der Waals surface area contributed by atoms with E-state index in [-0.39, 0.29) is 70.0 Å². The average Bonchev–Trinajstić information content (AvgIpc) is 4.03. The number of anilines is 1. The minimum Gasteiger partial charge on any atom is -0.464 e. The van der Waals surface area contributed by atoms with E-state index in [1.54, 1.807) is 47.2 Å². The molecule has 1 aromatic carbocycles. The molecule has 75 heavy (non-hydrogen) atoms. The van der Waals surface area contributed by atoms with E-state index in [0.717, 1.165) is 5.69 Å². The standard InChI is InChI=1S/C55H74F3N9O8/c1-34(2)46(65-24-20-54(51(65)72)19-23-64(31-54)44(68)17-18-53(6,7)62(8)9)48(69)60-42-28-37-30-63(25-26-74-37)36-15-16-43-39(27-36)40(29-52(4,5)33-75-50(71)41-14-12-22-67(61-41)49(42)70)47(66(43)32-55(56,57)58)38-13-11-21-59-45(38)35(3)73-10/h11,13,15-16,21,27,34-35,37,41-42,46,61H,12,14,19-20,22-26,28-33H2,1-10H3,(H,60,69)/t35-,37-,41-,42-,46?,54+/m0/s1. The molecule has 20 heteroatoms. The molecule has 4 fully saturated rings. The number of morpholine rings is 1. The van der Waals surface area contributed by atoms with Crippen molar-refractivity contribution in [3.05, 3.63) is 47.8 Å². The van der Waals surface area contributed by atoms with Gasteiger partial charge in [0.2, 0.25) is 11.8 Å². The van der Waals surface area contributed by atoms with Crippen LogP contribution in [0.5, 0.6) is 0 Å². The molecule has 0 radical (unpaired) electrons. The van der Waals surface area contributed by atoms with Crippen molar-refractivity contribution >= 4 is 46.2 Å². The number of benzene rings is 1. The van der Waals surface area contributed by atoms with E-state index < -0.39 is 77.2 Å². The Kier molecular flexibility index (Phi) is 16.1. The number of amides is 4. The van der Waals surface area contributed by atoms with Crippen LogP contribution in [0, 0.1) is 28.6 Å². The monoisotopic (exact) mass is 1050 g/mol. The van der Waals surface area contributed by atoms with Crippen LogP contribution in [-0.2, 0) is 51.1 Å². The molecule has 2 aromatic heterocycles. The quantitative estimate of drug-likeness (QED) is 0.204. The van der Waals surface area contributed by atoms with Crippen molar-refractivity contribution in [3.63, 3.8) is 0 Å². The van der Waals surface area contributed by atoms with E-state index in [9.17, 15) is 37.1 Å². The number of ether oxygens (including phenoxy) is 3. The first-order valence-corrected chi connectivity index (χ1v) is 26.2. The van der Waals surface area contributed by atoms with Crippen LogP contribution < -0.4 is 15.6 Å². The van der Waals surface area contributed by atoms with E-state index in [0.29, 0.717) is 72.2 Å². The van der Waals surface area contributed by atoms with Gasteiger partial charge in [0, 0.05) is 86.6 Å². The third kappa shape index (κ3) is 11.8. The topological polar surface area (TPSA) is 171 Å². The summed E-state index contributed by atoms with van der Waals surface area (Å²) in [6, 6.07) is 5.83. The second kappa shape index (κ2) is 21.7. The van der Waals surface area contributed by atoms with Gasteiger partial charge in [0.05, 0.1) is 47.8 Å². The summed E-state index contributed by atoms with van der Waals surface area (Å²) in [5.74, 6) is 3.29. The number of likely N-dealkylation sites (tertiary alicyclic amines) is 2. The third-order valence-corrected chi connectivity index (χ3v) is 16.0. The maximum atomic E-state index is 14.9. The third-order valence-electron chi connectivity index (χ3n) is 16.0. The number of esters is 1. The molecular weight excluding hydrogens is 972 g/mol. The molecule has 0 aliphatic carbocycles. The number of pyridine rings is 1. The molecule has 6 atom stereocenters. The van der Waals surface area contributed by atoms with Gasteiger partial charge >= 0.3 is 12.1 Å². The fraction of sp³-hybridized carbons (Fsp3) is 0.636. The van der Waals surface area contributed by atoms with Crippen LogP contribution >= 0.6 is 0 Å². The molecule has 4 amide bonds. The van der Waals surface area contributed by atoms with Crippen molar-refractivity contribution in [3.8, 4) is 23.1 Å². The lowest BCUT2D eigenvalue weighted by atomic mass is 9.84. The molecule has 4 saturated heterocycles. The maximum Gasteiger partial charge on any atom is 0.406 e. The molecule has 2 N–H and O–H groups in total. The van der Waals surface area contributed by atoms with Crippen molar-refractivity contribution in [2.45, 2.75) is 136 Å². The van der Waals surface area contributed by atoms with Gasteiger partial charge in [-0.05, 0) is 115 Å². The normalized spacial score (nSPS) is 24.6. The SMILES string of the molecule is CO[C@@H](C)c1ncccc1-c1c2c3cc(ccc3n1CC(F)(F)F)N1CCO[C@@H](C[C@H](NC(=O)C(C(C)C)N3CC[C@@]4(CCN(C(=O)C#CC(C)(C)N(C)C)C4)C3=O)C(=O)N3CCC[C@H](N3)C(=O)OCC(C)(C)C2)C1. The number of carbonyl (C=O) groups excluding carboxylic acids is 5. The Labute approximate surface area is 438 Å². The van der Waals surface area contributed by atoms with Crippen LogP contribution in [0.2, 0.25) is 0 Å². The highest BCUT2D eigenvalue weighted by Gasteiger charge is 2.54. The van der Waals surface area contributed by atoms with Gasteiger partial charge in [-0.3, -0.25) is 38.9 Å². The zero-order valence-corrected chi connectivity index (χ0v) is 45.1. The summed E-state index contributed by atoms with van der Waals surface area (Å²) in [6.07, 6.45) is -2.24. The number of cyclic esters (lactones) is 1. The zero-order valence-electron chi connectivity index (χ0n) is 45.1. The lowest BCUT2D eigenvalue weighted by Gasteiger charge is -2.39. The first kappa shape index (κ1) is 55.5. The first-order chi connectivity index (χ1) is 35.3. The number of nitrogens with zero attached hydrogens (tertiary/aromatic N) is 7. The van der Waals surface area contributed by atoms with Crippen LogP contribution in [0.4, 0.5) is 18.9 Å². The molecule has 3 aromatic rings. The van der Waals surface area contributed by atoms with E-state index in [1.165, 1.54) is 16.7 Å². The van der Waals surface area contributed by atoms with Crippen molar-refractivity contribution in [2.75, 3.05) is 78.6 Å². The number of alkyl halides is 3.